The molecule has 0 radical (unpaired) electrons. The molecule has 0 spiro atoms. The van der Waals surface area contributed by atoms with Crippen LogP contribution in [0.5, 0.6) is 0 Å². The smallest absolute Gasteiger partial charge is 0.341 e. The van der Waals surface area contributed by atoms with Crippen molar-refractivity contribution in [3.8, 4) is 0 Å². The van der Waals surface area contributed by atoms with Crippen molar-refractivity contribution in [2.75, 3.05) is 7.11 Å². The maximum atomic E-state index is 12.5. The van der Waals surface area contributed by atoms with E-state index in [2.05, 4.69) is 0 Å². The molecule has 1 aromatic carbocycles. The normalized spacial score (nSPS) is 16.8. The van der Waals surface area contributed by atoms with Crippen LogP contribution in [0.15, 0.2) is 35.9 Å². The molecular weight excluding hydrogens is 252 g/mol. The molecule has 0 atom stereocenters. The minimum atomic E-state index is -0.538. The van der Waals surface area contributed by atoms with Gasteiger partial charge in [0, 0.05) is 5.92 Å². The van der Waals surface area contributed by atoms with Gasteiger partial charge in [0.2, 0.25) is 0 Å². The van der Waals surface area contributed by atoms with Gasteiger partial charge in [0.15, 0.2) is 5.78 Å². The number of carbonyl (C=O) groups is 2. The van der Waals surface area contributed by atoms with Crippen LogP contribution in [0.4, 0.5) is 0 Å². The van der Waals surface area contributed by atoms with Gasteiger partial charge in [-0.1, -0.05) is 49.6 Å². The van der Waals surface area contributed by atoms with Crippen LogP contribution in [-0.4, -0.2) is 18.9 Å². The number of esters is 1. The minimum Gasteiger partial charge on any atom is -0.465 e. The predicted octanol–water partition coefficient (Wildman–Crippen LogP) is 3.39. The number of ether oxygens (including phenoxy) is 1. The number of carbonyl (C=O) groups excluding carboxylic acids is 2. The molecule has 0 bridgehead atoms. The van der Waals surface area contributed by atoms with Crippen LogP contribution in [0.3, 0.4) is 0 Å². The Hall–Kier alpha value is -1.90. The summed E-state index contributed by atoms with van der Waals surface area (Å²) in [6, 6.07) is 9.41. The molecule has 0 saturated heterocycles. The number of hydrogen-bond donors (Lipinski definition) is 0. The lowest BCUT2D eigenvalue weighted by atomic mass is 9.83. The Bertz CT molecular complexity index is 496. The quantitative estimate of drug-likeness (QED) is 0.365. The average Bonchev–Trinajstić information content (AvgIpc) is 2.53. The van der Waals surface area contributed by atoms with Gasteiger partial charge in [-0.15, -0.1) is 0 Å². The van der Waals surface area contributed by atoms with E-state index >= 15 is 0 Å². The van der Waals surface area contributed by atoms with Gasteiger partial charge in [0.1, 0.15) is 5.57 Å². The molecule has 1 fully saturated rings. The highest BCUT2D eigenvalue weighted by Gasteiger charge is 2.28. The highest BCUT2D eigenvalue weighted by atomic mass is 16.5. The van der Waals surface area contributed by atoms with Gasteiger partial charge < -0.3 is 4.74 Å². The summed E-state index contributed by atoms with van der Waals surface area (Å²) in [6.07, 6.45) is 6.71. The molecule has 0 aromatic heterocycles. The summed E-state index contributed by atoms with van der Waals surface area (Å²) < 4.78 is 4.77. The van der Waals surface area contributed by atoms with E-state index in [9.17, 15) is 9.59 Å². The van der Waals surface area contributed by atoms with E-state index in [1.54, 1.807) is 6.08 Å². The summed E-state index contributed by atoms with van der Waals surface area (Å²) >= 11 is 0. The Kier molecular flexibility index (Phi) is 5.10. The first-order valence-corrected chi connectivity index (χ1v) is 7.11. The molecule has 1 saturated carbocycles. The fourth-order valence-corrected chi connectivity index (χ4v) is 2.64. The first-order chi connectivity index (χ1) is 9.72. The summed E-state index contributed by atoms with van der Waals surface area (Å²) in [5.74, 6) is -0.636. The molecule has 3 nitrogen and oxygen atoms in total. The van der Waals surface area contributed by atoms with E-state index in [1.165, 1.54) is 13.5 Å². The second-order valence-corrected chi connectivity index (χ2v) is 5.16. The summed E-state index contributed by atoms with van der Waals surface area (Å²) in [5, 5.41) is 0. The van der Waals surface area contributed by atoms with Gasteiger partial charge in [0.05, 0.1) is 7.11 Å². The Morgan fingerprint density at radius 2 is 1.75 bits per heavy atom. The lowest BCUT2D eigenvalue weighted by Crippen LogP contribution is -2.24. The van der Waals surface area contributed by atoms with Crippen molar-refractivity contribution < 1.29 is 14.3 Å². The average molecular weight is 272 g/mol. The number of rotatable bonds is 4. The number of hydrogen-bond acceptors (Lipinski definition) is 3. The van der Waals surface area contributed by atoms with Crippen molar-refractivity contribution in [1.82, 2.24) is 0 Å². The summed E-state index contributed by atoms with van der Waals surface area (Å²) in [4.78, 5) is 24.4. The number of benzene rings is 1. The van der Waals surface area contributed by atoms with Gasteiger partial charge in [-0.2, -0.15) is 0 Å². The van der Waals surface area contributed by atoms with Gasteiger partial charge in [0.25, 0.3) is 0 Å². The van der Waals surface area contributed by atoms with Crippen molar-refractivity contribution >= 4 is 17.8 Å². The molecule has 0 heterocycles. The van der Waals surface area contributed by atoms with E-state index in [4.69, 9.17) is 4.74 Å². The SMILES string of the molecule is COC(=O)/C(=C/c1ccccc1)C(=O)C1CCCCC1. The van der Waals surface area contributed by atoms with Crippen LogP contribution in [0.25, 0.3) is 6.08 Å². The number of methoxy groups -OCH3 is 1. The third kappa shape index (κ3) is 3.56. The third-order valence-corrected chi connectivity index (χ3v) is 3.76. The molecule has 0 aliphatic heterocycles. The van der Waals surface area contributed by atoms with Crippen LogP contribution in [0, 0.1) is 5.92 Å². The van der Waals surface area contributed by atoms with Crippen LogP contribution >= 0.6 is 0 Å². The zero-order valence-electron chi connectivity index (χ0n) is 11.8. The first-order valence-electron chi connectivity index (χ1n) is 7.11. The fourth-order valence-electron chi connectivity index (χ4n) is 2.64. The van der Waals surface area contributed by atoms with Gasteiger partial charge in [-0.25, -0.2) is 4.79 Å². The highest BCUT2D eigenvalue weighted by Crippen LogP contribution is 2.27. The van der Waals surface area contributed by atoms with E-state index in [-0.39, 0.29) is 17.3 Å². The standard InChI is InChI=1S/C17H20O3/c1-20-17(19)15(12-13-8-4-2-5-9-13)16(18)14-10-6-3-7-11-14/h2,4-5,8-9,12,14H,3,6-7,10-11H2,1H3/b15-12+. The van der Waals surface area contributed by atoms with Crippen LogP contribution < -0.4 is 0 Å². The largest absolute Gasteiger partial charge is 0.465 e. The molecule has 20 heavy (non-hydrogen) atoms. The van der Waals surface area contributed by atoms with Crippen molar-refractivity contribution in [3.05, 3.63) is 41.5 Å². The molecule has 0 unspecified atom stereocenters. The van der Waals surface area contributed by atoms with Crippen molar-refractivity contribution in [2.45, 2.75) is 32.1 Å². The van der Waals surface area contributed by atoms with E-state index in [0.29, 0.717) is 0 Å². The molecule has 106 valence electrons. The Labute approximate surface area is 119 Å². The molecule has 2 rings (SSSR count). The van der Waals surface area contributed by atoms with Crippen molar-refractivity contribution in [1.29, 1.82) is 0 Å². The van der Waals surface area contributed by atoms with E-state index < -0.39 is 5.97 Å². The molecule has 1 aliphatic rings. The van der Waals surface area contributed by atoms with Gasteiger partial charge in [-0.3, -0.25) is 4.79 Å². The summed E-state index contributed by atoms with van der Waals surface area (Å²) in [7, 11) is 1.31. The maximum Gasteiger partial charge on any atom is 0.341 e. The lowest BCUT2D eigenvalue weighted by molar-refractivity contribution is -0.138. The second-order valence-electron chi connectivity index (χ2n) is 5.16. The Morgan fingerprint density at radius 1 is 1.10 bits per heavy atom. The Balaban J connectivity index is 2.25. The molecule has 1 aromatic rings. The number of Topliss-reactive ketones (excluding diaryl/α,β-unsaturated/α-hetero) is 1. The van der Waals surface area contributed by atoms with E-state index in [0.717, 1.165) is 31.2 Å². The maximum absolute atomic E-state index is 12.5. The highest BCUT2D eigenvalue weighted by molar-refractivity contribution is 6.21. The predicted molar refractivity (Wildman–Crippen MR) is 78.0 cm³/mol. The number of ketones is 1. The van der Waals surface area contributed by atoms with Crippen LogP contribution in [0.2, 0.25) is 0 Å². The zero-order valence-corrected chi connectivity index (χ0v) is 11.8. The second kappa shape index (κ2) is 7.04. The Morgan fingerprint density at radius 3 is 2.35 bits per heavy atom. The molecule has 3 heteroatoms. The van der Waals surface area contributed by atoms with E-state index in [1.807, 2.05) is 30.3 Å². The molecule has 0 amide bonds. The fraction of sp³-hybridized carbons (Fsp3) is 0.412. The third-order valence-electron chi connectivity index (χ3n) is 3.76. The molecular formula is C17H20O3. The van der Waals surface area contributed by atoms with Crippen molar-refractivity contribution in [2.24, 2.45) is 5.92 Å². The minimum absolute atomic E-state index is 0.0298. The lowest BCUT2D eigenvalue weighted by Gasteiger charge is -2.20. The molecule has 0 N–H and O–H groups in total. The summed E-state index contributed by atoms with van der Waals surface area (Å²) in [6.45, 7) is 0. The van der Waals surface area contributed by atoms with Crippen molar-refractivity contribution in [3.63, 3.8) is 0 Å². The first kappa shape index (κ1) is 14.5. The van der Waals surface area contributed by atoms with Crippen LogP contribution in [0.1, 0.15) is 37.7 Å². The monoisotopic (exact) mass is 272 g/mol. The zero-order chi connectivity index (χ0) is 14.4. The topological polar surface area (TPSA) is 43.4 Å². The van der Waals surface area contributed by atoms with Crippen LogP contribution in [-0.2, 0) is 14.3 Å². The summed E-state index contributed by atoms with van der Waals surface area (Å²) in [5.41, 5.74) is 1.02. The van der Waals surface area contributed by atoms with Gasteiger partial charge in [-0.05, 0) is 24.5 Å². The molecule has 1 aliphatic carbocycles. The van der Waals surface area contributed by atoms with Gasteiger partial charge >= 0.3 is 5.97 Å².